The van der Waals surface area contributed by atoms with Gasteiger partial charge >= 0.3 is 0 Å². The van der Waals surface area contributed by atoms with Crippen molar-refractivity contribution in [2.24, 2.45) is 5.92 Å². The van der Waals surface area contributed by atoms with E-state index in [1.807, 2.05) is 0 Å². The molecule has 1 saturated carbocycles. The molecule has 3 nitrogen and oxygen atoms in total. The lowest BCUT2D eigenvalue weighted by molar-refractivity contribution is -0.122. The van der Waals surface area contributed by atoms with E-state index < -0.39 is 0 Å². The Balaban J connectivity index is 1.61. The van der Waals surface area contributed by atoms with Gasteiger partial charge in [-0.15, -0.1) is 0 Å². The van der Waals surface area contributed by atoms with Gasteiger partial charge in [0.15, 0.2) is 0 Å². The van der Waals surface area contributed by atoms with E-state index in [1.165, 1.54) is 45.3 Å². The smallest absolute Gasteiger partial charge is 0.134 e. The topological polar surface area (TPSA) is 23.6 Å². The number of nitrogens with zero attached hydrogens (tertiary/aromatic N) is 2. The van der Waals surface area contributed by atoms with Crippen molar-refractivity contribution in [1.29, 1.82) is 0 Å². The minimum Gasteiger partial charge on any atom is -0.303 e. The van der Waals surface area contributed by atoms with Crippen LogP contribution < -0.4 is 0 Å². The molecule has 3 heteroatoms. The van der Waals surface area contributed by atoms with E-state index in [1.54, 1.807) is 0 Å². The number of piperidine rings is 2. The van der Waals surface area contributed by atoms with Crippen LogP contribution in [0.5, 0.6) is 0 Å². The van der Waals surface area contributed by atoms with Gasteiger partial charge < -0.3 is 4.90 Å². The molecule has 2 aliphatic heterocycles. The Bertz CT molecular complexity index is 318. The summed E-state index contributed by atoms with van der Waals surface area (Å²) in [7, 11) is 2.29. The van der Waals surface area contributed by atoms with E-state index in [4.69, 9.17) is 0 Å². The lowest BCUT2D eigenvalue weighted by Gasteiger charge is -2.48. The van der Waals surface area contributed by atoms with Crippen LogP contribution in [0.1, 0.15) is 44.9 Å². The van der Waals surface area contributed by atoms with Crippen LogP contribution in [0, 0.1) is 5.92 Å². The van der Waals surface area contributed by atoms with E-state index in [0.29, 0.717) is 11.8 Å². The molecule has 0 aromatic heterocycles. The predicted molar refractivity (Wildman–Crippen MR) is 72.6 cm³/mol. The summed E-state index contributed by atoms with van der Waals surface area (Å²) in [6.45, 7) is 3.74. The standard InChI is InChI=1S/C15H26N2O/c1-16-8-3-4-12-11-17(9-7-15(12)16)13-5-2-6-14(18)10-13/h12-13,15H,2-11H2,1H3. The summed E-state index contributed by atoms with van der Waals surface area (Å²) in [5, 5.41) is 0. The van der Waals surface area contributed by atoms with Crippen LogP contribution in [0.3, 0.4) is 0 Å². The SMILES string of the molecule is CN1CCCC2CN(C3CCCC(=O)C3)CCC21. The number of hydrogen-bond donors (Lipinski definition) is 0. The molecule has 0 aromatic rings. The van der Waals surface area contributed by atoms with Crippen LogP contribution in [0.4, 0.5) is 0 Å². The zero-order chi connectivity index (χ0) is 12.5. The largest absolute Gasteiger partial charge is 0.303 e. The molecule has 102 valence electrons. The Morgan fingerprint density at radius 2 is 2.00 bits per heavy atom. The highest BCUT2D eigenvalue weighted by atomic mass is 16.1. The van der Waals surface area contributed by atoms with Crippen molar-refractivity contribution < 1.29 is 4.79 Å². The van der Waals surface area contributed by atoms with E-state index in [2.05, 4.69) is 16.8 Å². The fourth-order valence-electron chi connectivity index (χ4n) is 4.33. The normalized spacial score (nSPS) is 39.6. The highest BCUT2D eigenvalue weighted by molar-refractivity contribution is 5.79. The minimum atomic E-state index is 0.495. The van der Waals surface area contributed by atoms with Crippen molar-refractivity contribution in [3.05, 3.63) is 0 Å². The van der Waals surface area contributed by atoms with Gasteiger partial charge in [0.1, 0.15) is 5.78 Å². The Kier molecular flexibility index (Phi) is 3.71. The van der Waals surface area contributed by atoms with Gasteiger partial charge in [-0.05, 0) is 58.2 Å². The first kappa shape index (κ1) is 12.6. The van der Waals surface area contributed by atoms with Crippen molar-refractivity contribution in [1.82, 2.24) is 9.80 Å². The molecule has 0 spiro atoms. The lowest BCUT2D eigenvalue weighted by Crippen LogP contribution is -2.55. The average molecular weight is 250 g/mol. The van der Waals surface area contributed by atoms with Crippen molar-refractivity contribution in [2.45, 2.75) is 57.0 Å². The molecule has 3 atom stereocenters. The van der Waals surface area contributed by atoms with Gasteiger partial charge in [-0.2, -0.15) is 0 Å². The summed E-state index contributed by atoms with van der Waals surface area (Å²) in [4.78, 5) is 16.8. The van der Waals surface area contributed by atoms with Crippen LogP contribution in [0.2, 0.25) is 0 Å². The predicted octanol–water partition coefficient (Wildman–Crippen LogP) is 1.91. The molecular weight excluding hydrogens is 224 g/mol. The Morgan fingerprint density at radius 1 is 1.11 bits per heavy atom. The summed E-state index contributed by atoms with van der Waals surface area (Å²) >= 11 is 0. The second kappa shape index (κ2) is 5.30. The first-order chi connectivity index (χ1) is 8.74. The van der Waals surface area contributed by atoms with Crippen LogP contribution >= 0.6 is 0 Å². The molecule has 18 heavy (non-hydrogen) atoms. The van der Waals surface area contributed by atoms with Crippen LogP contribution in [-0.2, 0) is 4.79 Å². The molecular formula is C15H26N2O. The maximum Gasteiger partial charge on any atom is 0.134 e. The molecule has 1 aliphatic carbocycles. The molecule has 0 bridgehead atoms. The van der Waals surface area contributed by atoms with Gasteiger partial charge in [0, 0.05) is 31.5 Å². The summed E-state index contributed by atoms with van der Waals surface area (Å²) in [6, 6.07) is 1.38. The Hall–Kier alpha value is -0.410. The van der Waals surface area contributed by atoms with Gasteiger partial charge in [0.2, 0.25) is 0 Å². The molecule has 3 fully saturated rings. The number of ketones is 1. The first-order valence-electron chi connectivity index (χ1n) is 7.70. The number of likely N-dealkylation sites (tertiary alicyclic amines) is 2. The van der Waals surface area contributed by atoms with Crippen LogP contribution in [0.25, 0.3) is 0 Å². The highest BCUT2D eigenvalue weighted by Crippen LogP contribution is 2.32. The van der Waals surface area contributed by atoms with Crippen LogP contribution in [0.15, 0.2) is 0 Å². The number of rotatable bonds is 1. The summed E-state index contributed by atoms with van der Waals surface area (Å²) in [5.41, 5.74) is 0. The molecule has 0 aromatic carbocycles. The first-order valence-corrected chi connectivity index (χ1v) is 7.70. The van der Waals surface area contributed by atoms with Crippen LogP contribution in [-0.4, -0.2) is 54.3 Å². The lowest BCUT2D eigenvalue weighted by atomic mass is 9.82. The third kappa shape index (κ3) is 2.48. The number of fused-ring (bicyclic) bond motifs is 1. The zero-order valence-corrected chi connectivity index (χ0v) is 11.6. The van der Waals surface area contributed by atoms with Gasteiger partial charge in [-0.25, -0.2) is 0 Å². The van der Waals surface area contributed by atoms with E-state index in [0.717, 1.165) is 31.2 Å². The van der Waals surface area contributed by atoms with Crippen molar-refractivity contribution in [3.8, 4) is 0 Å². The molecule has 2 heterocycles. The number of carbonyl (C=O) groups excluding carboxylic acids is 1. The van der Waals surface area contributed by atoms with Gasteiger partial charge in [0.25, 0.3) is 0 Å². The van der Waals surface area contributed by atoms with E-state index in [9.17, 15) is 4.79 Å². The molecule has 0 amide bonds. The van der Waals surface area contributed by atoms with Gasteiger partial charge in [-0.3, -0.25) is 9.69 Å². The molecule has 3 unspecified atom stereocenters. The molecule has 0 radical (unpaired) electrons. The summed E-state index contributed by atoms with van der Waals surface area (Å²) < 4.78 is 0. The second-order valence-corrected chi connectivity index (χ2v) is 6.52. The van der Waals surface area contributed by atoms with Crippen molar-refractivity contribution >= 4 is 5.78 Å². The molecule has 2 saturated heterocycles. The second-order valence-electron chi connectivity index (χ2n) is 6.52. The number of hydrogen-bond acceptors (Lipinski definition) is 3. The average Bonchev–Trinajstić information content (AvgIpc) is 2.39. The van der Waals surface area contributed by atoms with E-state index >= 15 is 0 Å². The zero-order valence-electron chi connectivity index (χ0n) is 11.6. The number of Topliss-reactive ketones (excluding diaryl/α,β-unsaturated/α-hetero) is 1. The van der Waals surface area contributed by atoms with Crippen molar-refractivity contribution in [2.75, 3.05) is 26.7 Å². The third-order valence-electron chi connectivity index (χ3n) is 5.35. The molecule has 0 N–H and O–H groups in total. The summed E-state index contributed by atoms with van der Waals surface area (Å²) in [5.74, 6) is 1.35. The fraction of sp³-hybridized carbons (Fsp3) is 0.933. The Labute approximate surface area is 111 Å². The van der Waals surface area contributed by atoms with Gasteiger partial charge in [-0.1, -0.05) is 0 Å². The number of carbonyl (C=O) groups is 1. The van der Waals surface area contributed by atoms with Gasteiger partial charge in [0.05, 0.1) is 0 Å². The third-order valence-corrected chi connectivity index (χ3v) is 5.35. The van der Waals surface area contributed by atoms with E-state index in [-0.39, 0.29) is 0 Å². The molecule has 3 aliphatic rings. The quantitative estimate of drug-likeness (QED) is 0.710. The Morgan fingerprint density at radius 3 is 2.83 bits per heavy atom. The minimum absolute atomic E-state index is 0.495. The highest BCUT2D eigenvalue weighted by Gasteiger charge is 2.37. The summed E-state index contributed by atoms with van der Waals surface area (Å²) in [6.07, 6.45) is 8.09. The fourth-order valence-corrected chi connectivity index (χ4v) is 4.33. The maximum absolute atomic E-state index is 11.6. The monoisotopic (exact) mass is 250 g/mol. The van der Waals surface area contributed by atoms with Crippen molar-refractivity contribution in [3.63, 3.8) is 0 Å². The maximum atomic E-state index is 11.6. The molecule has 3 rings (SSSR count).